The minimum absolute atomic E-state index is 0.0330. The van der Waals surface area contributed by atoms with Gasteiger partial charge in [0, 0.05) is 17.7 Å². The lowest BCUT2D eigenvalue weighted by Gasteiger charge is -2.15. The molecule has 2 N–H and O–H groups in total. The molecule has 1 amide bonds. The second-order valence-electron chi connectivity index (χ2n) is 6.10. The van der Waals surface area contributed by atoms with E-state index in [4.69, 9.17) is 4.74 Å². The molecular formula is C19H20N2O4. The number of nitrogens with one attached hydrogen (secondary N) is 2. The molecule has 6 nitrogen and oxygen atoms in total. The number of carbonyl (C=O) groups is 2. The van der Waals surface area contributed by atoms with Crippen LogP contribution in [0.5, 0.6) is 5.75 Å². The molecule has 2 aromatic rings. The molecule has 1 aliphatic carbocycles. The number of amides is 1. The lowest BCUT2D eigenvalue weighted by atomic mass is 9.93. The van der Waals surface area contributed by atoms with Gasteiger partial charge in [-0.15, -0.1) is 0 Å². The Morgan fingerprint density at radius 3 is 2.88 bits per heavy atom. The molecule has 0 unspecified atom stereocenters. The minimum Gasteiger partial charge on any atom is -0.492 e. The first-order chi connectivity index (χ1) is 12.0. The van der Waals surface area contributed by atoms with E-state index in [2.05, 4.69) is 10.3 Å². The van der Waals surface area contributed by atoms with Gasteiger partial charge in [-0.05, 0) is 43.5 Å². The third-order valence-electron chi connectivity index (χ3n) is 4.14. The summed E-state index contributed by atoms with van der Waals surface area (Å²) in [6.45, 7) is 2.52. The van der Waals surface area contributed by atoms with Gasteiger partial charge in [0.1, 0.15) is 17.9 Å². The topological polar surface area (TPSA) is 88.3 Å². The van der Waals surface area contributed by atoms with Crippen LogP contribution in [0.1, 0.15) is 44.8 Å². The molecule has 1 aliphatic rings. The average molecular weight is 340 g/mol. The fourth-order valence-electron chi connectivity index (χ4n) is 2.88. The summed E-state index contributed by atoms with van der Waals surface area (Å²) < 4.78 is 5.56. The van der Waals surface area contributed by atoms with E-state index in [1.807, 2.05) is 31.2 Å². The summed E-state index contributed by atoms with van der Waals surface area (Å²) in [5.74, 6) is 0.191. The highest BCUT2D eigenvalue weighted by Crippen LogP contribution is 2.18. The smallest absolute Gasteiger partial charge is 0.261 e. The van der Waals surface area contributed by atoms with E-state index in [-0.39, 0.29) is 24.5 Å². The van der Waals surface area contributed by atoms with Gasteiger partial charge in [-0.2, -0.15) is 0 Å². The second-order valence-corrected chi connectivity index (χ2v) is 6.10. The summed E-state index contributed by atoms with van der Waals surface area (Å²) in [6, 6.07) is 9.02. The number of benzene rings is 1. The minimum atomic E-state index is -0.504. The van der Waals surface area contributed by atoms with Crippen molar-refractivity contribution in [3.63, 3.8) is 0 Å². The van der Waals surface area contributed by atoms with Gasteiger partial charge in [0.2, 0.25) is 0 Å². The van der Waals surface area contributed by atoms with Crippen LogP contribution in [-0.2, 0) is 6.42 Å². The van der Waals surface area contributed by atoms with Crippen molar-refractivity contribution in [3.8, 4) is 5.75 Å². The van der Waals surface area contributed by atoms with Crippen LogP contribution in [-0.4, -0.2) is 29.8 Å². The Kier molecular flexibility index (Phi) is 4.97. The number of carbonyl (C=O) groups excluding carboxylic acids is 2. The van der Waals surface area contributed by atoms with E-state index in [9.17, 15) is 14.4 Å². The molecule has 1 aromatic carbocycles. The van der Waals surface area contributed by atoms with Gasteiger partial charge >= 0.3 is 0 Å². The van der Waals surface area contributed by atoms with E-state index in [0.29, 0.717) is 24.1 Å². The molecule has 0 atom stereocenters. The number of H-pyrrole nitrogens is 1. The van der Waals surface area contributed by atoms with Crippen molar-refractivity contribution >= 4 is 11.7 Å². The van der Waals surface area contributed by atoms with Gasteiger partial charge < -0.3 is 15.0 Å². The Balaban J connectivity index is 1.61. The SMILES string of the molecule is Cc1cccc(OCCNC(=O)c2cc3c([nH]c2=O)CCCC3=O)c1. The number of aromatic nitrogens is 1. The number of hydrogen-bond acceptors (Lipinski definition) is 4. The number of aromatic amines is 1. The maximum absolute atomic E-state index is 12.2. The Hall–Kier alpha value is -2.89. The predicted octanol–water partition coefficient (Wildman–Crippen LogP) is 2.01. The first-order valence-electron chi connectivity index (χ1n) is 8.31. The second kappa shape index (κ2) is 7.34. The Morgan fingerprint density at radius 1 is 1.24 bits per heavy atom. The highest BCUT2D eigenvalue weighted by atomic mass is 16.5. The number of aryl methyl sites for hydroxylation is 2. The number of ether oxygens (including phenoxy) is 1. The zero-order valence-electron chi connectivity index (χ0n) is 14.1. The number of pyridine rings is 1. The summed E-state index contributed by atoms with van der Waals surface area (Å²) in [6.07, 6.45) is 1.83. The van der Waals surface area contributed by atoms with E-state index in [1.165, 1.54) is 6.07 Å². The molecule has 0 fully saturated rings. The summed E-state index contributed by atoms with van der Waals surface area (Å²) in [5, 5.41) is 2.65. The predicted molar refractivity (Wildman–Crippen MR) is 93.3 cm³/mol. The van der Waals surface area contributed by atoms with Gasteiger partial charge in [0.05, 0.1) is 6.54 Å². The van der Waals surface area contributed by atoms with E-state index >= 15 is 0 Å². The van der Waals surface area contributed by atoms with Crippen LogP contribution in [0.4, 0.5) is 0 Å². The first-order valence-corrected chi connectivity index (χ1v) is 8.31. The molecule has 0 bridgehead atoms. The molecule has 0 spiro atoms. The first kappa shape index (κ1) is 17.0. The van der Waals surface area contributed by atoms with Crippen LogP contribution in [0.25, 0.3) is 0 Å². The monoisotopic (exact) mass is 340 g/mol. The highest BCUT2D eigenvalue weighted by molar-refractivity contribution is 6.01. The van der Waals surface area contributed by atoms with Crippen molar-refractivity contribution in [2.45, 2.75) is 26.2 Å². The van der Waals surface area contributed by atoms with Crippen LogP contribution in [0, 0.1) is 6.92 Å². The molecule has 0 aliphatic heterocycles. The zero-order valence-corrected chi connectivity index (χ0v) is 14.1. The quantitative estimate of drug-likeness (QED) is 0.815. The molecule has 0 saturated heterocycles. The highest BCUT2D eigenvalue weighted by Gasteiger charge is 2.21. The van der Waals surface area contributed by atoms with Gasteiger partial charge in [-0.3, -0.25) is 14.4 Å². The van der Waals surface area contributed by atoms with Crippen molar-refractivity contribution in [2.24, 2.45) is 0 Å². The third kappa shape index (κ3) is 3.96. The maximum Gasteiger partial charge on any atom is 0.261 e. The van der Waals surface area contributed by atoms with Gasteiger partial charge in [-0.25, -0.2) is 0 Å². The molecule has 6 heteroatoms. The van der Waals surface area contributed by atoms with Crippen LogP contribution < -0.4 is 15.6 Å². The van der Waals surface area contributed by atoms with Gasteiger partial charge in [0.25, 0.3) is 11.5 Å². The largest absolute Gasteiger partial charge is 0.492 e. The van der Waals surface area contributed by atoms with Crippen LogP contribution in [0.15, 0.2) is 35.1 Å². The Bertz CT molecular complexity index is 870. The van der Waals surface area contributed by atoms with E-state index in [0.717, 1.165) is 17.7 Å². The Labute approximate surface area is 145 Å². The fourth-order valence-corrected chi connectivity index (χ4v) is 2.88. The summed E-state index contributed by atoms with van der Waals surface area (Å²) in [5.41, 5.74) is 1.66. The molecule has 25 heavy (non-hydrogen) atoms. The lowest BCUT2D eigenvalue weighted by molar-refractivity contribution is 0.0945. The summed E-state index contributed by atoms with van der Waals surface area (Å²) >= 11 is 0. The molecular weight excluding hydrogens is 320 g/mol. The maximum atomic E-state index is 12.2. The number of ketones is 1. The number of hydrogen-bond donors (Lipinski definition) is 2. The number of rotatable bonds is 5. The third-order valence-corrected chi connectivity index (χ3v) is 4.14. The summed E-state index contributed by atoms with van der Waals surface area (Å²) in [4.78, 5) is 38.9. The molecule has 0 saturated carbocycles. The van der Waals surface area contributed by atoms with Crippen molar-refractivity contribution < 1.29 is 14.3 Å². The van der Waals surface area contributed by atoms with Gasteiger partial charge in [-0.1, -0.05) is 12.1 Å². The molecule has 1 heterocycles. The van der Waals surface area contributed by atoms with Crippen LogP contribution in [0.3, 0.4) is 0 Å². The molecule has 1 aromatic heterocycles. The van der Waals surface area contributed by atoms with Crippen molar-refractivity contribution in [3.05, 3.63) is 63.1 Å². The number of fused-ring (bicyclic) bond motifs is 1. The fraction of sp³-hybridized carbons (Fsp3) is 0.316. The lowest BCUT2D eigenvalue weighted by Crippen LogP contribution is -2.34. The van der Waals surface area contributed by atoms with Crippen molar-refractivity contribution in [1.82, 2.24) is 10.3 Å². The molecule has 3 rings (SSSR count). The van der Waals surface area contributed by atoms with Crippen LogP contribution in [0.2, 0.25) is 0 Å². The molecule has 0 radical (unpaired) electrons. The van der Waals surface area contributed by atoms with Crippen LogP contribution >= 0.6 is 0 Å². The average Bonchev–Trinajstić information content (AvgIpc) is 2.58. The Morgan fingerprint density at radius 2 is 2.08 bits per heavy atom. The normalized spacial score (nSPS) is 13.2. The van der Waals surface area contributed by atoms with Gasteiger partial charge in [0.15, 0.2) is 5.78 Å². The van der Waals surface area contributed by atoms with E-state index < -0.39 is 11.5 Å². The molecule has 130 valence electrons. The summed E-state index contributed by atoms with van der Waals surface area (Å²) in [7, 11) is 0. The number of Topliss-reactive ketones (excluding diaryl/α,β-unsaturated/α-hetero) is 1. The standard InChI is InChI=1S/C19H20N2O4/c1-12-4-2-5-13(10-12)25-9-8-20-18(23)15-11-14-16(21-19(15)24)6-3-7-17(14)22/h2,4-5,10-11H,3,6-9H2,1H3,(H,20,23)(H,21,24). The van der Waals surface area contributed by atoms with E-state index in [1.54, 1.807) is 0 Å². The zero-order chi connectivity index (χ0) is 17.8. The van der Waals surface area contributed by atoms with Crippen molar-refractivity contribution in [2.75, 3.05) is 13.2 Å². The van der Waals surface area contributed by atoms with Crippen molar-refractivity contribution in [1.29, 1.82) is 0 Å².